The molecule has 17 heteroatoms. The number of rotatable bonds is 15. The van der Waals surface area contributed by atoms with Crippen molar-refractivity contribution < 1.29 is 18.7 Å². The van der Waals surface area contributed by atoms with Gasteiger partial charge in [0.2, 0.25) is 5.91 Å². The largest absolute Gasteiger partial charge is 0.377 e. The predicted molar refractivity (Wildman–Crippen MR) is 257 cm³/mol. The summed E-state index contributed by atoms with van der Waals surface area (Å²) in [6, 6.07) is 12.1. The second-order valence-electron chi connectivity index (χ2n) is 20.6. The first kappa shape index (κ1) is 45.5. The Kier molecular flexibility index (Phi) is 12.8. The van der Waals surface area contributed by atoms with E-state index in [1.165, 1.54) is 78.2 Å². The maximum atomic E-state index is 15.1. The van der Waals surface area contributed by atoms with Crippen LogP contribution in [0.1, 0.15) is 119 Å². The average molecular weight is 946 g/mol. The number of hydrogen-bond donors (Lipinski definition) is 2. The molecule has 2 N–H and O–H groups in total. The number of carbonyl (C=O) groups excluding carboxylic acids is 2. The molecule has 3 aromatic heterocycles. The van der Waals surface area contributed by atoms with Crippen molar-refractivity contribution in [2.75, 3.05) is 72.1 Å². The maximum Gasteiger partial charge on any atom is 0.272 e. The number of piperazine rings is 1. The molecule has 2 amide bonds. The van der Waals surface area contributed by atoms with Crippen LogP contribution >= 0.6 is 11.3 Å². The highest BCUT2D eigenvalue weighted by Crippen LogP contribution is 2.73. The molecule has 15 nitrogen and oxygen atoms in total. The molecule has 68 heavy (non-hydrogen) atoms. The minimum atomic E-state index is -0.588. The number of hydrogen-bond acceptors (Lipinski definition) is 12. The number of benzene rings is 2. The first-order valence-electron chi connectivity index (χ1n) is 25.1. The van der Waals surface area contributed by atoms with Gasteiger partial charge in [0.25, 0.3) is 11.5 Å². The van der Waals surface area contributed by atoms with Crippen molar-refractivity contribution in [3.8, 4) is 0 Å². The summed E-state index contributed by atoms with van der Waals surface area (Å²) >= 11 is 1.90. The number of aromatic amines is 1. The number of thiazole rings is 1. The second-order valence-corrected chi connectivity index (χ2v) is 21.9. The molecule has 0 radical (unpaired) electrons. The molecule has 12 rings (SSSR count). The molecule has 7 heterocycles. The number of amides is 2. The van der Waals surface area contributed by atoms with Crippen molar-refractivity contribution in [1.82, 2.24) is 54.9 Å². The Hall–Kier alpha value is -4.94. The molecule has 3 saturated carbocycles. The monoisotopic (exact) mass is 945 g/mol. The Labute approximate surface area is 400 Å². The number of ether oxygens (including phenoxy) is 1. The van der Waals surface area contributed by atoms with Crippen LogP contribution in [0.15, 0.2) is 47.3 Å². The summed E-state index contributed by atoms with van der Waals surface area (Å²) in [6.45, 7) is 11.4. The van der Waals surface area contributed by atoms with Gasteiger partial charge in [-0.1, -0.05) is 30.7 Å². The van der Waals surface area contributed by atoms with E-state index in [2.05, 4.69) is 41.9 Å². The number of fused-ring (bicyclic) bond motifs is 2. The van der Waals surface area contributed by atoms with Crippen molar-refractivity contribution in [2.24, 2.45) is 5.41 Å². The Morgan fingerprint density at radius 3 is 2.53 bits per heavy atom. The lowest BCUT2D eigenvalue weighted by Gasteiger charge is -2.70. The van der Waals surface area contributed by atoms with Crippen LogP contribution in [0.25, 0.3) is 10.8 Å². The summed E-state index contributed by atoms with van der Waals surface area (Å²) in [5, 5.41) is 22.3. The van der Waals surface area contributed by atoms with E-state index >= 15 is 4.39 Å². The molecule has 1 unspecified atom stereocenters. The molecule has 1 atom stereocenters. The molecule has 2 bridgehead atoms. The number of aromatic nitrogens is 6. The number of piperidine rings is 1. The van der Waals surface area contributed by atoms with Crippen molar-refractivity contribution in [2.45, 2.75) is 115 Å². The lowest BCUT2D eigenvalue weighted by atomic mass is 9.34. The van der Waals surface area contributed by atoms with E-state index in [4.69, 9.17) is 14.8 Å². The number of nitrogens with one attached hydrogen (secondary N) is 2. The van der Waals surface area contributed by atoms with E-state index < -0.39 is 11.7 Å². The van der Waals surface area contributed by atoms with Crippen molar-refractivity contribution in [3.05, 3.63) is 103 Å². The SMILES string of the molecule is Cc1sc(CN2CCCC2c2nnc3n2CCCCC3)nc1C12CC(CNCCOC3CCN(CC(=O)N4CCN(C(=O)c5cc(Cc6n[nH]c(=O)c7ccccc67)ccc5F)CC4)CC3)(C1)C2. The standard InChI is InChI=1S/C51H64FN11O4S/c1-34-46(54-44(68-34)28-62-17-7-10-42(62)47-57-56-43-11-3-2-6-18-63(43)47)51-30-50(31-51,32-51)33-53-16-25-67-36-14-19-59(20-15-36)29-45(64)60-21-23-61(24-22-60)49(66)39-26-35(12-13-40(39)52)27-41-37-8-4-5-9-38(37)48(65)58-55-41/h4-5,8-9,12-13,26,36,42,53H,2-3,6-7,10-11,14-25,27-33H2,1H3,(H,58,65). The summed E-state index contributed by atoms with van der Waals surface area (Å²) in [5.74, 6) is 1.43. The quantitative estimate of drug-likeness (QED) is 0.127. The molecule has 6 fully saturated rings. The fourth-order valence-electron chi connectivity index (χ4n) is 12.5. The Balaban J connectivity index is 0.571. The fraction of sp³-hybridized carbons (Fsp3) is 0.588. The molecule has 360 valence electrons. The van der Waals surface area contributed by atoms with Crippen molar-refractivity contribution >= 4 is 33.9 Å². The average Bonchev–Trinajstić information content (AvgIpc) is 4.01. The normalized spacial score (nSPS) is 24.5. The fourth-order valence-corrected chi connectivity index (χ4v) is 13.6. The van der Waals surface area contributed by atoms with E-state index in [0.29, 0.717) is 73.9 Å². The smallest absolute Gasteiger partial charge is 0.272 e. The number of carbonyl (C=O) groups is 2. The number of likely N-dealkylation sites (tertiary alicyclic amines) is 2. The predicted octanol–water partition coefficient (Wildman–Crippen LogP) is 5.55. The third kappa shape index (κ3) is 9.04. The zero-order chi connectivity index (χ0) is 46.4. The molecule has 4 aliphatic heterocycles. The minimum Gasteiger partial charge on any atom is -0.377 e. The topological polar surface area (TPSA) is 158 Å². The highest BCUT2D eigenvalue weighted by Gasteiger charge is 2.69. The lowest BCUT2D eigenvalue weighted by molar-refractivity contribution is -0.141. The van der Waals surface area contributed by atoms with Gasteiger partial charge < -0.3 is 24.4 Å². The van der Waals surface area contributed by atoms with E-state index in [1.807, 2.05) is 28.4 Å². The van der Waals surface area contributed by atoms with Gasteiger partial charge in [0.1, 0.15) is 22.5 Å². The Morgan fingerprint density at radius 1 is 0.912 bits per heavy atom. The minimum absolute atomic E-state index is 0.00398. The molecule has 7 aliphatic rings. The summed E-state index contributed by atoms with van der Waals surface area (Å²) in [4.78, 5) is 54.1. The molecule has 3 saturated heterocycles. The van der Waals surface area contributed by atoms with E-state index in [9.17, 15) is 14.4 Å². The number of halogens is 1. The van der Waals surface area contributed by atoms with Crippen molar-refractivity contribution in [3.63, 3.8) is 0 Å². The Bertz CT molecular complexity index is 2700. The van der Waals surface area contributed by atoms with Gasteiger partial charge >= 0.3 is 0 Å². The number of H-pyrrole nitrogens is 1. The zero-order valence-electron chi connectivity index (χ0n) is 39.3. The van der Waals surface area contributed by atoms with Crippen LogP contribution in [0.5, 0.6) is 0 Å². The molecule has 2 aromatic carbocycles. The maximum absolute atomic E-state index is 15.1. The molecular weight excluding hydrogens is 882 g/mol. The molecular formula is C51H64FN11O4S. The van der Waals surface area contributed by atoms with Crippen molar-refractivity contribution in [1.29, 1.82) is 0 Å². The zero-order valence-corrected chi connectivity index (χ0v) is 40.1. The highest BCUT2D eigenvalue weighted by atomic mass is 32.1. The van der Waals surface area contributed by atoms with Crippen LogP contribution in [-0.4, -0.2) is 140 Å². The lowest BCUT2D eigenvalue weighted by Crippen LogP contribution is -2.68. The van der Waals surface area contributed by atoms with E-state index in [0.717, 1.165) is 76.9 Å². The van der Waals surface area contributed by atoms with Gasteiger partial charge in [-0.3, -0.25) is 24.2 Å². The summed E-state index contributed by atoms with van der Waals surface area (Å²) < 4.78 is 23.8. The van der Waals surface area contributed by atoms with E-state index in [1.54, 1.807) is 29.2 Å². The van der Waals surface area contributed by atoms with Crippen LogP contribution in [-0.2, 0) is 40.9 Å². The second kappa shape index (κ2) is 19.1. The van der Waals surface area contributed by atoms with Crippen LogP contribution < -0.4 is 10.9 Å². The first-order valence-corrected chi connectivity index (χ1v) is 25.9. The van der Waals surface area contributed by atoms with Crippen LogP contribution in [0.4, 0.5) is 4.39 Å². The summed E-state index contributed by atoms with van der Waals surface area (Å²) in [7, 11) is 0. The summed E-state index contributed by atoms with van der Waals surface area (Å²) in [5.41, 5.74) is 3.11. The van der Waals surface area contributed by atoms with Gasteiger partial charge in [-0.15, -0.1) is 21.5 Å². The van der Waals surface area contributed by atoms with Crippen LogP contribution in [0, 0.1) is 18.2 Å². The molecule has 0 spiro atoms. The van der Waals surface area contributed by atoms with Crippen LogP contribution in [0.2, 0.25) is 0 Å². The van der Waals surface area contributed by atoms with Gasteiger partial charge in [-0.05, 0) is 100 Å². The van der Waals surface area contributed by atoms with Crippen LogP contribution in [0.3, 0.4) is 0 Å². The number of aryl methyl sites for hydroxylation is 2. The van der Waals surface area contributed by atoms with E-state index in [-0.39, 0.29) is 28.5 Å². The first-order chi connectivity index (χ1) is 33.1. The van der Waals surface area contributed by atoms with Gasteiger partial charge in [-0.25, -0.2) is 14.5 Å². The van der Waals surface area contributed by atoms with Gasteiger partial charge in [0.15, 0.2) is 0 Å². The summed E-state index contributed by atoms with van der Waals surface area (Å²) in [6.07, 6.45) is 13.1. The third-order valence-corrected chi connectivity index (χ3v) is 16.9. The Morgan fingerprint density at radius 2 is 1.71 bits per heavy atom. The third-order valence-electron chi connectivity index (χ3n) is 16.0. The molecule has 5 aromatic rings. The number of nitrogens with zero attached hydrogens (tertiary/aromatic N) is 9. The van der Waals surface area contributed by atoms with Gasteiger partial charge in [0.05, 0.1) is 54.2 Å². The highest BCUT2D eigenvalue weighted by molar-refractivity contribution is 7.11. The van der Waals surface area contributed by atoms with Gasteiger partial charge in [0, 0.05) is 87.4 Å². The van der Waals surface area contributed by atoms with Gasteiger partial charge in [-0.2, -0.15) is 5.10 Å². The molecule has 3 aliphatic carbocycles.